The molecule has 1 aliphatic heterocycles. The van der Waals surface area contributed by atoms with Gasteiger partial charge in [0.05, 0.1) is 23.0 Å². The van der Waals surface area contributed by atoms with Crippen LogP contribution in [0.15, 0.2) is 60.7 Å². The molecule has 37 heavy (non-hydrogen) atoms. The van der Waals surface area contributed by atoms with E-state index >= 15 is 0 Å². The third-order valence-electron chi connectivity index (χ3n) is 5.50. The molecule has 2 unspecified atom stereocenters. The molecule has 0 saturated heterocycles. The fourth-order valence-corrected chi connectivity index (χ4v) is 3.65. The topological polar surface area (TPSA) is 107 Å². The normalized spacial score (nSPS) is 18.4. The van der Waals surface area contributed by atoms with Crippen molar-refractivity contribution in [3.63, 3.8) is 0 Å². The summed E-state index contributed by atoms with van der Waals surface area (Å²) in [6.45, 7) is 0. The molecule has 2 atom stereocenters. The number of carbonyl (C=O) groups excluding carboxylic acids is 1. The molecule has 4 rings (SSSR count). The van der Waals surface area contributed by atoms with Crippen LogP contribution in [-0.2, 0) is 15.8 Å². The highest BCUT2D eigenvalue weighted by molar-refractivity contribution is 5.78. The summed E-state index contributed by atoms with van der Waals surface area (Å²) in [6, 6.07) is 13.7. The molecule has 1 aromatic heterocycles. The molecule has 0 aliphatic carbocycles. The standard InChI is InChI=1S/C23H19F6N5O3/c1-33-18(30)13-10-11-15(32-19(13)34(21(33)31)37-20(35)23(27,28)29)17-14(22(24,25)26)8-5-9-16(17)36-12-6-3-2-4-7-12/h2-11,18,21H,30-31H2,1H3. The Hall–Kier alpha value is -3.88. The molecule has 0 fully saturated rings. The van der Waals surface area contributed by atoms with Crippen molar-refractivity contribution in [1.82, 2.24) is 9.88 Å². The number of alkyl halides is 6. The van der Waals surface area contributed by atoms with Crippen LogP contribution in [0.3, 0.4) is 0 Å². The number of aromatic nitrogens is 1. The lowest BCUT2D eigenvalue weighted by molar-refractivity contribution is -0.204. The van der Waals surface area contributed by atoms with E-state index in [1.54, 1.807) is 18.2 Å². The number of halogens is 6. The number of anilines is 1. The van der Waals surface area contributed by atoms with E-state index in [0.29, 0.717) is 5.06 Å². The van der Waals surface area contributed by atoms with Gasteiger partial charge in [0.2, 0.25) is 0 Å². The van der Waals surface area contributed by atoms with Gasteiger partial charge >= 0.3 is 18.3 Å². The third kappa shape index (κ3) is 5.16. The van der Waals surface area contributed by atoms with Gasteiger partial charge in [0, 0.05) is 5.56 Å². The van der Waals surface area contributed by atoms with Crippen LogP contribution in [0.4, 0.5) is 32.2 Å². The van der Waals surface area contributed by atoms with Crippen LogP contribution in [0.5, 0.6) is 11.5 Å². The molecule has 3 aromatic rings. The first-order chi connectivity index (χ1) is 17.3. The maximum Gasteiger partial charge on any atom is 0.493 e. The van der Waals surface area contributed by atoms with Gasteiger partial charge in [0.1, 0.15) is 11.5 Å². The van der Waals surface area contributed by atoms with Gasteiger partial charge in [-0.3, -0.25) is 10.6 Å². The summed E-state index contributed by atoms with van der Waals surface area (Å²) in [5.74, 6) is -3.06. The Morgan fingerprint density at radius 3 is 2.24 bits per heavy atom. The number of hydroxylamine groups is 1. The lowest BCUT2D eigenvalue weighted by Gasteiger charge is -2.42. The fourth-order valence-electron chi connectivity index (χ4n) is 3.65. The maximum absolute atomic E-state index is 14.0. The summed E-state index contributed by atoms with van der Waals surface area (Å²) in [7, 11) is 1.35. The molecular weight excluding hydrogens is 508 g/mol. The molecule has 0 amide bonds. The predicted molar refractivity (Wildman–Crippen MR) is 118 cm³/mol. The molecule has 196 valence electrons. The number of hydrogen-bond donors (Lipinski definition) is 2. The van der Waals surface area contributed by atoms with Crippen LogP contribution in [-0.4, -0.2) is 35.4 Å². The van der Waals surface area contributed by atoms with Crippen LogP contribution < -0.4 is 21.3 Å². The van der Waals surface area contributed by atoms with E-state index in [1.807, 2.05) is 0 Å². The summed E-state index contributed by atoms with van der Waals surface area (Å²) < 4.78 is 86.5. The Morgan fingerprint density at radius 2 is 1.62 bits per heavy atom. The summed E-state index contributed by atoms with van der Waals surface area (Å²) in [5.41, 5.74) is 10.1. The lowest BCUT2D eigenvalue weighted by Crippen LogP contribution is -2.60. The number of hydrogen-bond acceptors (Lipinski definition) is 8. The highest BCUT2D eigenvalue weighted by atomic mass is 19.4. The second kappa shape index (κ2) is 9.53. The fraction of sp³-hybridized carbons (Fsp3) is 0.217. The minimum atomic E-state index is -5.38. The van der Waals surface area contributed by atoms with Crippen LogP contribution in [0.1, 0.15) is 17.3 Å². The molecule has 0 radical (unpaired) electrons. The average molecular weight is 527 g/mol. The van der Waals surface area contributed by atoms with Crippen molar-refractivity contribution in [2.45, 2.75) is 24.8 Å². The number of pyridine rings is 1. The first kappa shape index (κ1) is 26.2. The first-order valence-electron chi connectivity index (χ1n) is 10.5. The quantitative estimate of drug-likeness (QED) is 0.477. The second-order valence-corrected chi connectivity index (χ2v) is 7.93. The first-order valence-corrected chi connectivity index (χ1v) is 10.5. The average Bonchev–Trinajstić information content (AvgIpc) is 2.84. The summed E-state index contributed by atoms with van der Waals surface area (Å²) in [6.07, 6.45) is -12.8. The van der Waals surface area contributed by atoms with Crippen LogP contribution in [0, 0.1) is 0 Å². The van der Waals surface area contributed by atoms with E-state index in [4.69, 9.17) is 16.2 Å². The van der Waals surface area contributed by atoms with Gasteiger partial charge in [-0.15, -0.1) is 0 Å². The molecule has 4 N–H and O–H groups in total. The smallest absolute Gasteiger partial charge is 0.457 e. The summed E-state index contributed by atoms with van der Waals surface area (Å²) >= 11 is 0. The van der Waals surface area contributed by atoms with Crippen LogP contribution in [0.2, 0.25) is 0 Å². The molecule has 1 aliphatic rings. The Balaban J connectivity index is 1.89. The molecule has 2 heterocycles. The highest BCUT2D eigenvalue weighted by Crippen LogP contribution is 2.44. The molecule has 0 saturated carbocycles. The molecular formula is C23H19F6N5O3. The number of para-hydroxylation sites is 1. The SMILES string of the molecule is CN1C(N)c2ccc(-c3c(Oc4ccccc4)cccc3C(F)(F)F)nc2N(OC(=O)C(F)(F)F)C1N. The minimum absolute atomic E-state index is 0.0537. The van der Waals surface area contributed by atoms with Gasteiger partial charge in [-0.25, -0.2) is 9.78 Å². The van der Waals surface area contributed by atoms with Crippen molar-refractivity contribution in [3.05, 3.63) is 71.8 Å². The van der Waals surface area contributed by atoms with Gasteiger partial charge in [-0.2, -0.15) is 31.4 Å². The zero-order valence-corrected chi connectivity index (χ0v) is 18.9. The predicted octanol–water partition coefficient (Wildman–Crippen LogP) is 4.53. The molecule has 2 aromatic carbocycles. The summed E-state index contributed by atoms with van der Waals surface area (Å²) in [4.78, 5) is 21.4. The number of fused-ring (bicyclic) bond motifs is 1. The van der Waals surface area contributed by atoms with Gasteiger partial charge in [-0.1, -0.05) is 30.3 Å². The van der Waals surface area contributed by atoms with Crippen molar-refractivity contribution < 1.29 is 40.7 Å². The zero-order chi connectivity index (χ0) is 27.1. The van der Waals surface area contributed by atoms with Gasteiger partial charge in [-0.05, 0) is 37.4 Å². The van der Waals surface area contributed by atoms with Gasteiger partial charge in [0.15, 0.2) is 12.1 Å². The molecule has 14 heteroatoms. The number of ether oxygens (including phenoxy) is 1. The Morgan fingerprint density at radius 1 is 0.946 bits per heavy atom. The second-order valence-electron chi connectivity index (χ2n) is 7.93. The molecule has 8 nitrogen and oxygen atoms in total. The van der Waals surface area contributed by atoms with Crippen molar-refractivity contribution in [1.29, 1.82) is 0 Å². The lowest BCUT2D eigenvalue weighted by atomic mass is 10.0. The van der Waals surface area contributed by atoms with Gasteiger partial charge in [0.25, 0.3) is 0 Å². The number of nitrogens with two attached hydrogens (primary N) is 2. The van der Waals surface area contributed by atoms with Crippen LogP contribution >= 0.6 is 0 Å². The summed E-state index contributed by atoms with van der Waals surface area (Å²) in [5, 5.41) is 0.353. The number of nitrogens with zero attached hydrogens (tertiary/aromatic N) is 3. The Kier molecular flexibility index (Phi) is 6.75. The Labute approximate surface area is 205 Å². The van der Waals surface area contributed by atoms with Crippen molar-refractivity contribution in [2.24, 2.45) is 11.5 Å². The van der Waals surface area contributed by atoms with Crippen molar-refractivity contribution in [2.75, 3.05) is 12.1 Å². The monoisotopic (exact) mass is 527 g/mol. The third-order valence-corrected chi connectivity index (χ3v) is 5.50. The number of benzene rings is 2. The van der Waals surface area contributed by atoms with E-state index in [1.165, 1.54) is 42.3 Å². The number of carbonyl (C=O) groups is 1. The zero-order valence-electron chi connectivity index (χ0n) is 18.9. The van der Waals surface area contributed by atoms with E-state index in [2.05, 4.69) is 9.82 Å². The van der Waals surface area contributed by atoms with E-state index < -0.39 is 47.7 Å². The number of rotatable bonds is 4. The molecule has 0 spiro atoms. The minimum Gasteiger partial charge on any atom is -0.457 e. The van der Waals surface area contributed by atoms with E-state index in [9.17, 15) is 31.1 Å². The highest BCUT2D eigenvalue weighted by Gasteiger charge is 2.46. The van der Waals surface area contributed by atoms with Crippen molar-refractivity contribution >= 4 is 11.8 Å². The van der Waals surface area contributed by atoms with E-state index in [-0.39, 0.29) is 22.8 Å². The van der Waals surface area contributed by atoms with Gasteiger partial charge < -0.3 is 15.3 Å². The van der Waals surface area contributed by atoms with Crippen molar-refractivity contribution in [3.8, 4) is 22.8 Å². The molecule has 0 bridgehead atoms. The largest absolute Gasteiger partial charge is 0.493 e. The van der Waals surface area contributed by atoms with Crippen LogP contribution in [0.25, 0.3) is 11.3 Å². The maximum atomic E-state index is 14.0. The van der Waals surface area contributed by atoms with E-state index in [0.717, 1.165) is 12.1 Å². The Bertz CT molecular complexity index is 1300.